The van der Waals surface area contributed by atoms with Crippen molar-refractivity contribution in [1.29, 1.82) is 0 Å². The molecule has 59 heavy (non-hydrogen) atoms. The number of carbonyl (C=O) groups is 1. The van der Waals surface area contributed by atoms with Gasteiger partial charge in [-0.1, -0.05) is 62.5 Å². The predicted octanol–water partition coefficient (Wildman–Crippen LogP) is 12.8. The van der Waals surface area contributed by atoms with Crippen molar-refractivity contribution in [2.24, 2.45) is 0 Å². The first-order valence-electron chi connectivity index (χ1n) is 20.9. The molecule has 6 rings (SSSR count). The molecule has 0 radical (unpaired) electrons. The lowest BCUT2D eigenvalue weighted by atomic mass is 9.95. The van der Waals surface area contributed by atoms with E-state index in [0.717, 1.165) is 60.9 Å². The first-order chi connectivity index (χ1) is 27.9. The van der Waals surface area contributed by atoms with Crippen molar-refractivity contribution in [1.82, 2.24) is 0 Å². The average molecular weight is 817 g/mol. The fourth-order valence-corrected chi connectivity index (χ4v) is 12.1. The Bertz CT molecular complexity index is 2070. The first-order valence-corrected chi connectivity index (χ1v) is 22.4. The molecule has 1 saturated heterocycles. The second-order valence-corrected chi connectivity index (χ2v) is 19.5. The van der Waals surface area contributed by atoms with Gasteiger partial charge in [0, 0.05) is 24.2 Å². The van der Waals surface area contributed by atoms with Crippen LogP contribution in [-0.4, -0.2) is 40.4 Å². The van der Waals surface area contributed by atoms with Gasteiger partial charge in [-0.25, -0.2) is 0 Å². The smallest absolute Gasteiger partial charge is 0.134 e. The van der Waals surface area contributed by atoms with Crippen LogP contribution in [-0.2, 0) is 4.79 Å². The molecule has 0 spiro atoms. The average Bonchev–Trinajstić information content (AvgIpc) is 3.14. The van der Waals surface area contributed by atoms with Crippen LogP contribution in [0.4, 0.5) is 0 Å². The van der Waals surface area contributed by atoms with Crippen molar-refractivity contribution >= 4 is 19.0 Å². The summed E-state index contributed by atoms with van der Waals surface area (Å²) in [5, 5.41) is 23.1. The third-order valence-corrected chi connectivity index (χ3v) is 13.9. The minimum absolute atomic E-state index is 0.120. The second kappa shape index (κ2) is 18.1. The number of carbonyl (C=O) groups excluding carboxylic acids is 1. The number of aryl methyl sites for hydroxylation is 4. The van der Waals surface area contributed by atoms with E-state index in [1.165, 1.54) is 0 Å². The van der Waals surface area contributed by atoms with Gasteiger partial charge in [-0.3, -0.25) is 4.79 Å². The number of ether oxygens (including phenoxy) is 4. The minimum Gasteiger partial charge on any atom is -0.507 e. The Morgan fingerprint density at radius 3 is 1.08 bits per heavy atom. The number of aromatic hydroxyl groups is 2. The lowest BCUT2D eigenvalue weighted by Gasteiger charge is -2.42. The van der Waals surface area contributed by atoms with Crippen LogP contribution in [0.3, 0.4) is 0 Å². The molecule has 0 aromatic heterocycles. The number of phenols is 2. The van der Waals surface area contributed by atoms with Gasteiger partial charge in [-0.15, -0.1) is 0 Å². The highest BCUT2D eigenvalue weighted by molar-refractivity contribution is 7.67. The Morgan fingerprint density at radius 1 is 0.508 bits per heavy atom. The van der Waals surface area contributed by atoms with Gasteiger partial charge in [0.2, 0.25) is 0 Å². The number of phenolic OH excluding ortho intramolecular Hbond substituents is 2. The van der Waals surface area contributed by atoms with E-state index >= 15 is 0 Å². The molecule has 5 aromatic carbocycles. The Labute approximate surface area is 352 Å². The zero-order chi connectivity index (χ0) is 42.9. The minimum atomic E-state index is -1.37. The quantitative estimate of drug-likeness (QED) is 0.114. The molecule has 7 nitrogen and oxygen atoms in total. The van der Waals surface area contributed by atoms with E-state index in [9.17, 15) is 15.0 Å². The van der Waals surface area contributed by atoms with Gasteiger partial charge in [-0.2, -0.15) is 0 Å². The van der Waals surface area contributed by atoms with Gasteiger partial charge in [0.25, 0.3) is 0 Å². The van der Waals surface area contributed by atoms with Crippen LogP contribution in [0.5, 0.6) is 34.5 Å². The van der Waals surface area contributed by atoms with Crippen LogP contribution >= 0.6 is 7.92 Å². The summed E-state index contributed by atoms with van der Waals surface area (Å²) < 4.78 is 26.6. The Kier molecular flexibility index (Phi) is 13.4. The van der Waals surface area contributed by atoms with Crippen molar-refractivity contribution < 1.29 is 34.0 Å². The highest BCUT2D eigenvalue weighted by atomic mass is 31.1. The van der Waals surface area contributed by atoms with E-state index < -0.39 is 7.92 Å². The summed E-state index contributed by atoms with van der Waals surface area (Å²) in [5.41, 5.74) is 8.15. The van der Waals surface area contributed by atoms with Crippen LogP contribution in [0.25, 0.3) is 22.3 Å². The largest absolute Gasteiger partial charge is 0.507 e. The molecule has 1 aliphatic rings. The molecule has 5 aromatic rings. The molecule has 2 unspecified atom stereocenters. The van der Waals surface area contributed by atoms with E-state index in [4.69, 9.17) is 18.9 Å². The fraction of sp³-hybridized carbons (Fsp3) is 0.392. The summed E-state index contributed by atoms with van der Waals surface area (Å²) >= 11 is 0. The van der Waals surface area contributed by atoms with Crippen molar-refractivity contribution in [3.05, 3.63) is 112 Å². The van der Waals surface area contributed by atoms with E-state index in [0.29, 0.717) is 35.8 Å². The third kappa shape index (κ3) is 9.42. The number of rotatable bonds is 13. The molecule has 8 heteroatoms. The van der Waals surface area contributed by atoms with Gasteiger partial charge < -0.3 is 29.2 Å². The highest BCUT2D eigenvalue weighted by Gasteiger charge is 2.43. The van der Waals surface area contributed by atoms with E-state index in [2.05, 4.69) is 42.5 Å². The maximum Gasteiger partial charge on any atom is 0.134 e. The zero-order valence-electron chi connectivity index (χ0n) is 36.8. The Balaban J connectivity index is 1.84. The van der Waals surface area contributed by atoms with Gasteiger partial charge in [0.15, 0.2) is 0 Å². The van der Waals surface area contributed by atoms with Crippen LogP contribution < -0.4 is 24.3 Å². The van der Waals surface area contributed by atoms with Crippen LogP contribution in [0.15, 0.2) is 78.9 Å². The maximum absolute atomic E-state index is 14.3. The molecular weight excluding hydrogens is 756 g/mol. The standard InChI is InChI=1S/C51H61O7P/c1-28(2)55-41-18-14-19-42(56-29(3)4)47(41)39-16-13-17-40(48-43(57-30(5)6)20-15-21-44(48)58-31(7)8)51(39)59-45(36-22-32(9)49(53)33(10)23-36)26-38(52)27-46(59)37-24-34(11)50(54)35(12)25-37/h13-25,28-31,45-46,53-54H,26-27H2,1-12H3. The van der Waals surface area contributed by atoms with E-state index in [1.807, 2.05) is 119 Å². The summed E-state index contributed by atoms with van der Waals surface area (Å²) in [5.74, 6) is 3.48. The summed E-state index contributed by atoms with van der Waals surface area (Å²) in [7, 11) is -1.37. The predicted molar refractivity (Wildman–Crippen MR) is 242 cm³/mol. The van der Waals surface area contributed by atoms with Gasteiger partial charge >= 0.3 is 0 Å². The van der Waals surface area contributed by atoms with Crippen molar-refractivity contribution in [2.45, 2.75) is 132 Å². The van der Waals surface area contributed by atoms with Crippen molar-refractivity contribution in [3.63, 3.8) is 0 Å². The molecular formula is C51H61O7P. The Morgan fingerprint density at radius 2 is 0.797 bits per heavy atom. The highest BCUT2D eigenvalue weighted by Crippen LogP contribution is 2.69. The molecule has 0 aliphatic carbocycles. The van der Waals surface area contributed by atoms with Crippen LogP contribution in [0, 0.1) is 27.7 Å². The molecule has 2 atom stereocenters. The van der Waals surface area contributed by atoms with Crippen molar-refractivity contribution in [2.75, 3.05) is 0 Å². The van der Waals surface area contributed by atoms with Crippen molar-refractivity contribution in [3.8, 4) is 56.8 Å². The number of benzene rings is 5. The summed E-state index contributed by atoms with van der Waals surface area (Å²) in [6, 6.07) is 26.6. The molecule has 312 valence electrons. The molecule has 0 amide bonds. The molecule has 0 bridgehead atoms. The zero-order valence-corrected chi connectivity index (χ0v) is 37.7. The molecule has 0 saturated carbocycles. The van der Waals surface area contributed by atoms with Gasteiger partial charge in [0.05, 0.1) is 35.5 Å². The summed E-state index contributed by atoms with van der Waals surface area (Å²) in [4.78, 5) is 14.3. The summed E-state index contributed by atoms with van der Waals surface area (Å²) in [6.07, 6.45) is 0.176. The number of Topliss-reactive ketones (excluding diaryl/α,β-unsaturated/α-hetero) is 1. The normalized spacial score (nSPS) is 16.9. The van der Waals surface area contributed by atoms with Gasteiger partial charge in [-0.05, 0) is 157 Å². The molecule has 1 fully saturated rings. The fourth-order valence-electron chi connectivity index (χ4n) is 8.35. The second-order valence-electron chi connectivity index (χ2n) is 17.0. The molecule has 1 heterocycles. The van der Waals surface area contributed by atoms with Crippen LogP contribution in [0.2, 0.25) is 0 Å². The first kappa shape index (κ1) is 43.6. The van der Waals surface area contributed by atoms with Crippen LogP contribution in [0.1, 0.15) is 113 Å². The lowest BCUT2D eigenvalue weighted by molar-refractivity contribution is -0.119. The topological polar surface area (TPSA) is 94.5 Å². The number of hydrogen-bond donors (Lipinski definition) is 2. The van der Waals surface area contributed by atoms with E-state index in [-0.39, 0.29) is 53.0 Å². The lowest BCUT2D eigenvalue weighted by Crippen LogP contribution is -2.26. The summed E-state index contributed by atoms with van der Waals surface area (Å²) in [6.45, 7) is 23.9. The van der Waals surface area contributed by atoms with E-state index in [1.54, 1.807) is 0 Å². The number of hydrogen-bond acceptors (Lipinski definition) is 7. The monoisotopic (exact) mass is 816 g/mol. The maximum atomic E-state index is 14.3. The Hall–Kier alpha value is -5.00. The molecule has 2 N–H and O–H groups in total. The SMILES string of the molecule is Cc1cc(C2CC(=O)CC(c3cc(C)c(O)c(C)c3)P2c2c(-c3c(OC(C)C)cccc3OC(C)C)cccc2-c2c(OC(C)C)cccc2OC(C)C)cc(C)c1O. The molecule has 1 aliphatic heterocycles. The van der Waals surface area contributed by atoms with Gasteiger partial charge in [0.1, 0.15) is 40.3 Å². The third-order valence-electron chi connectivity index (χ3n) is 10.6. The number of ketones is 1.